The Morgan fingerprint density at radius 3 is 2.72 bits per heavy atom. The first-order valence-electron chi connectivity index (χ1n) is 5.76. The van der Waals surface area contributed by atoms with E-state index in [0.29, 0.717) is 22.1 Å². The van der Waals surface area contributed by atoms with Crippen LogP contribution in [0.4, 0.5) is 0 Å². The van der Waals surface area contributed by atoms with E-state index in [1.807, 2.05) is 0 Å². The van der Waals surface area contributed by atoms with Crippen molar-refractivity contribution >= 4 is 40.6 Å². The topological polar surface area (TPSA) is 34.1 Å². The summed E-state index contributed by atoms with van der Waals surface area (Å²) in [4.78, 5) is 4.91. The molecule has 1 aromatic heterocycles. The fraction of sp³-hybridized carbons (Fsp3) is 0.583. The second-order valence-electron chi connectivity index (χ2n) is 4.17. The summed E-state index contributed by atoms with van der Waals surface area (Å²) in [6.45, 7) is 6.66. The van der Waals surface area contributed by atoms with Gasteiger partial charge in [-0.15, -0.1) is 11.3 Å². The molecule has 0 saturated carbocycles. The molecule has 0 radical (unpaired) electrons. The van der Waals surface area contributed by atoms with Crippen molar-refractivity contribution in [1.82, 2.24) is 10.3 Å². The molecule has 18 heavy (non-hydrogen) atoms. The first-order chi connectivity index (χ1) is 8.54. The molecule has 1 aromatic rings. The second kappa shape index (κ2) is 8.12. The van der Waals surface area contributed by atoms with Gasteiger partial charge in [0.1, 0.15) is 5.15 Å². The van der Waals surface area contributed by atoms with Crippen molar-refractivity contribution in [2.45, 2.75) is 13.8 Å². The SMILES string of the molecule is COCCNCC(=Cc1sc(Cl)nc1Cl)C(C)C. The van der Waals surface area contributed by atoms with Gasteiger partial charge in [0, 0.05) is 20.2 Å². The number of thiazole rings is 1. The first kappa shape index (κ1) is 15.9. The highest BCUT2D eigenvalue weighted by Gasteiger charge is 2.09. The van der Waals surface area contributed by atoms with Gasteiger partial charge in [0.2, 0.25) is 0 Å². The van der Waals surface area contributed by atoms with Gasteiger partial charge in [0.15, 0.2) is 4.47 Å². The van der Waals surface area contributed by atoms with Gasteiger partial charge in [0.25, 0.3) is 0 Å². The summed E-state index contributed by atoms with van der Waals surface area (Å²) in [6.07, 6.45) is 2.07. The van der Waals surface area contributed by atoms with E-state index in [0.717, 1.165) is 18.0 Å². The highest BCUT2D eigenvalue weighted by atomic mass is 35.5. The van der Waals surface area contributed by atoms with E-state index in [1.165, 1.54) is 16.9 Å². The predicted octanol–water partition coefficient (Wildman–Crippen LogP) is 3.73. The minimum atomic E-state index is 0.442. The molecule has 0 amide bonds. The number of aromatic nitrogens is 1. The normalized spacial score (nSPS) is 12.4. The third-order valence-corrected chi connectivity index (χ3v) is 3.96. The summed E-state index contributed by atoms with van der Waals surface area (Å²) in [5.74, 6) is 0.442. The van der Waals surface area contributed by atoms with Gasteiger partial charge < -0.3 is 10.1 Å². The fourth-order valence-corrected chi connectivity index (χ4v) is 2.71. The van der Waals surface area contributed by atoms with Gasteiger partial charge in [0.05, 0.1) is 11.5 Å². The summed E-state index contributed by atoms with van der Waals surface area (Å²) >= 11 is 13.2. The van der Waals surface area contributed by atoms with Gasteiger partial charge in [-0.3, -0.25) is 0 Å². The van der Waals surface area contributed by atoms with Crippen molar-refractivity contribution in [3.63, 3.8) is 0 Å². The van der Waals surface area contributed by atoms with Crippen molar-refractivity contribution in [2.75, 3.05) is 26.8 Å². The number of hydrogen-bond acceptors (Lipinski definition) is 4. The quantitative estimate of drug-likeness (QED) is 0.779. The lowest BCUT2D eigenvalue weighted by Crippen LogP contribution is -2.23. The zero-order valence-corrected chi connectivity index (χ0v) is 13.1. The Hall–Kier alpha value is -0.130. The zero-order valence-electron chi connectivity index (χ0n) is 10.8. The Morgan fingerprint density at radius 1 is 1.50 bits per heavy atom. The molecular weight excluding hydrogens is 291 g/mol. The average molecular weight is 309 g/mol. The number of ether oxygens (including phenoxy) is 1. The Bertz CT molecular complexity index is 405. The maximum atomic E-state index is 6.01. The summed E-state index contributed by atoms with van der Waals surface area (Å²) in [5, 5.41) is 3.80. The van der Waals surface area contributed by atoms with Crippen LogP contribution in [0.2, 0.25) is 9.62 Å². The molecule has 0 saturated heterocycles. The maximum Gasteiger partial charge on any atom is 0.185 e. The van der Waals surface area contributed by atoms with Crippen molar-refractivity contribution in [3.8, 4) is 0 Å². The summed E-state index contributed by atoms with van der Waals surface area (Å²) in [6, 6.07) is 0. The van der Waals surface area contributed by atoms with Crippen LogP contribution in [-0.2, 0) is 4.74 Å². The largest absolute Gasteiger partial charge is 0.383 e. The Morgan fingerprint density at radius 2 is 2.22 bits per heavy atom. The third-order valence-electron chi connectivity index (χ3n) is 2.45. The zero-order chi connectivity index (χ0) is 13.5. The van der Waals surface area contributed by atoms with Crippen molar-refractivity contribution in [2.24, 2.45) is 5.92 Å². The van der Waals surface area contributed by atoms with Crippen LogP contribution in [-0.4, -0.2) is 31.8 Å². The third kappa shape index (κ3) is 5.24. The fourth-order valence-electron chi connectivity index (χ4n) is 1.37. The smallest absolute Gasteiger partial charge is 0.185 e. The van der Waals surface area contributed by atoms with Gasteiger partial charge in [-0.25, -0.2) is 4.98 Å². The van der Waals surface area contributed by atoms with Gasteiger partial charge >= 0.3 is 0 Å². The average Bonchev–Trinajstić information content (AvgIpc) is 2.61. The monoisotopic (exact) mass is 308 g/mol. The lowest BCUT2D eigenvalue weighted by Gasteiger charge is -2.12. The highest BCUT2D eigenvalue weighted by molar-refractivity contribution is 7.17. The molecule has 1 rings (SSSR count). The molecule has 0 aliphatic heterocycles. The Kier molecular flexibility index (Phi) is 7.19. The van der Waals surface area contributed by atoms with Crippen LogP contribution in [0.1, 0.15) is 18.7 Å². The van der Waals surface area contributed by atoms with Crippen LogP contribution in [0, 0.1) is 5.92 Å². The number of halogens is 2. The number of nitrogens with zero attached hydrogens (tertiary/aromatic N) is 1. The molecule has 3 nitrogen and oxygen atoms in total. The molecule has 0 aromatic carbocycles. The minimum Gasteiger partial charge on any atom is -0.383 e. The summed E-state index contributed by atoms with van der Waals surface area (Å²) < 4.78 is 5.47. The minimum absolute atomic E-state index is 0.442. The molecule has 0 aliphatic rings. The van der Waals surface area contributed by atoms with Crippen LogP contribution in [0.3, 0.4) is 0 Å². The molecule has 0 fully saturated rings. The van der Waals surface area contributed by atoms with E-state index in [-0.39, 0.29) is 0 Å². The molecule has 102 valence electrons. The summed E-state index contributed by atoms with van der Waals surface area (Å²) in [7, 11) is 1.69. The molecule has 1 N–H and O–H groups in total. The van der Waals surface area contributed by atoms with E-state index < -0.39 is 0 Å². The van der Waals surface area contributed by atoms with Crippen LogP contribution >= 0.6 is 34.5 Å². The van der Waals surface area contributed by atoms with E-state index in [9.17, 15) is 0 Å². The van der Waals surface area contributed by atoms with Crippen LogP contribution < -0.4 is 5.32 Å². The van der Waals surface area contributed by atoms with Crippen molar-refractivity contribution in [1.29, 1.82) is 0 Å². The lowest BCUT2D eigenvalue weighted by atomic mass is 10.0. The number of rotatable bonds is 7. The van der Waals surface area contributed by atoms with Gasteiger partial charge in [-0.1, -0.05) is 42.6 Å². The van der Waals surface area contributed by atoms with Crippen molar-refractivity contribution < 1.29 is 4.74 Å². The van der Waals surface area contributed by atoms with Crippen molar-refractivity contribution in [3.05, 3.63) is 20.1 Å². The predicted molar refractivity (Wildman–Crippen MR) is 79.7 cm³/mol. The molecule has 0 spiro atoms. The van der Waals surface area contributed by atoms with E-state index in [1.54, 1.807) is 7.11 Å². The van der Waals surface area contributed by atoms with Crippen LogP contribution in [0.5, 0.6) is 0 Å². The number of nitrogens with one attached hydrogen (secondary N) is 1. The first-order valence-corrected chi connectivity index (χ1v) is 7.33. The van der Waals surface area contributed by atoms with Crippen LogP contribution in [0.15, 0.2) is 5.57 Å². The Balaban J connectivity index is 2.69. The molecule has 0 bridgehead atoms. The van der Waals surface area contributed by atoms with Gasteiger partial charge in [-0.05, 0) is 12.0 Å². The molecule has 0 aliphatic carbocycles. The lowest BCUT2D eigenvalue weighted by molar-refractivity contribution is 0.200. The standard InChI is InChI=1S/C12H18Cl2N2OS/c1-8(2)9(7-15-4-5-17-3)6-10-11(13)16-12(14)18-10/h6,8,15H,4-5,7H2,1-3H3. The number of methoxy groups -OCH3 is 1. The van der Waals surface area contributed by atoms with E-state index in [4.69, 9.17) is 27.9 Å². The summed E-state index contributed by atoms with van der Waals surface area (Å²) in [5.41, 5.74) is 1.27. The molecule has 0 unspecified atom stereocenters. The number of hydrogen-bond donors (Lipinski definition) is 1. The maximum absolute atomic E-state index is 6.01. The van der Waals surface area contributed by atoms with Crippen LogP contribution in [0.25, 0.3) is 6.08 Å². The Labute approximate surface area is 122 Å². The van der Waals surface area contributed by atoms with E-state index in [2.05, 4.69) is 30.2 Å². The van der Waals surface area contributed by atoms with E-state index >= 15 is 0 Å². The molecular formula is C12H18Cl2N2OS. The second-order valence-corrected chi connectivity index (χ2v) is 6.14. The molecule has 6 heteroatoms. The highest BCUT2D eigenvalue weighted by Crippen LogP contribution is 2.29. The molecule has 0 atom stereocenters. The molecule has 1 heterocycles. The van der Waals surface area contributed by atoms with Gasteiger partial charge in [-0.2, -0.15) is 0 Å².